The Bertz CT molecular complexity index is 584. The van der Waals surface area contributed by atoms with E-state index in [9.17, 15) is 13.2 Å². The fourth-order valence-corrected chi connectivity index (χ4v) is 5.83. The molecule has 1 atom stereocenters. The van der Waals surface area contributed by atoms with E-state index >= 15 is 0 Å². The molecule has 0 spiro atoms. The van der Waals surface area contributed by atoms with E-state index in [1.165, 1.54) is 24.6 Å². The molecule has 1 aromatic rings. The molecule has 0 bridgehead atoms. The highest BCUT2D eigenvalue weighted by Gasteiger charge is 2.34. The minimum Gasteiger partial charge on any atom is -0.465 e. The van der Waals surface area contributed by atoms with E-state index in [1.54, 1.807) is 23.6 Å². The first kappa shape index (κ1) is 15.6. The van der Waals surface area contributed by atoms with Crippen LogP contribution in [0.5, 0.6) is 0 Å². The normalized spacial score (nSPS) is 19.9. The van der Waals surface area contributed by atoms with Crippen LogP contribution in [0.3, 0.4) is 0 Å². The number of aromatic nitrogens is 1. The summed E-state index contributed by atoms with van der Waals surface area (Å²) in [5.74, 6) is 1.03. The molecular weight excluding hydrogens is 320 g/mol. The van der Waals surface area contributed by atoms with Crippen molar-refractivity contribution < 1.29 is 17.9 Å². The molecule has 0 aromatic carbocycles. The van der Waals surface area contributed by atoms with Gasteiger partial charge in [0.2, 0.25) is 0 Å². The van der Waals surface area contributed by atoms with Gasteiger partial charge < -0.3 is 9.64 Å². The highest BCUT2D eigenvalue weighted by molar-refractivity contribution is 8.01. The van der Waals surface area contributed by atoms with Gasteiger partial charge in [0.15, 0.2) is 15.0 Å². The maximum atomic E-state index is 12.2. The van der Waals surface area contributed by atoms with Crippen molar-refractivity contribution in [3.8, 4) is 0 Å². The number of carbonyl (C=O) groups excluding carboxylic acids is 1. The first-order valence-electron chi connectivity index (χ1n) is 6.09. The van der Waals surface area contributed by atoms with Gasteiger partial charge in [0, 0.05) is 23.8 Å². The largest absolute Gasteiger partial charge is 0.465 e. The highest BCUT2D eigenvalue weighted by atomic mass is 32.2. The monoisotopic (exact) mass is 336 g/mol. The zero-order valence-electron chi connectivity index (χ0n) is 11.2. The summed E-state index contributed by atoms with van der Waals surface area (Å²) in [4.78, 5) is 17.8. The van der Waals surface area contributed by atoms with Crippen molar-refractivity contribution in [1.29, 1.82) is 0 Å². The summed E-state index contributed by atoms with van der Waals surface area (Å²) in [5.41, 5.74) is 0. The third kappa shape index (κ3) is 3.09. The maximum Gasteiger partial charge on any atom is 0.349 e. The molecular formula is C11H16N2O4S3. The van der Waals surface area contributed by atoms with Gasteiger partial charge in [-0.3, -0.25) is 0 Å². The Kier molecular flexibility index (Phi) is 4.92. The zero-order chi connectivity index (χ0) is 14.8. The minimum absolute atomic E-state index is 0.101. The van der Waals surface area contributed by atoms with E-state index < -0.39 is 21.2 Å². The number of esters is 1. The third-order valence-electron chi connectivity index (χ3n) is 3.03. The number of hydrogen-bond acceptors (Lipinski definition) is 8. The maximum absolute atomic E-state index is 12.2. The lowest BCUT2D eigenvalue weighted by Gasteiger charge is -2.34. The number of rotatable bonds is 4. The van der Waals surface area contributed by atoms with Gasteiger partial charge in [-0.2, -0.15) is 11.8 Å². The molecule has 112 valence electrons. The second-order valence-corrected chi connectivity index (χ2v) is 8.78. The summed E-state index contributed by atoms with van der Waals surface area (Å²) < 4.78 is 29.0. The average molecular weight is 336 g/mol. The van der Waals surface area contributed by atoms with Crippen molar-refractivity contribution in [2.24, 2.45) is 0 Å². The van der Waals surface area contributed by atoms with E-state index in [1.807, 2.05) is 0 Å². The molecule has 9 heteroatoms. The fourth-order valence-electron chi connectivity index (χ4n) is 1.88. The van der Waals surface area contributed by atoms with Gasteiger partial charge in [0.1, 0.15) is 10.3 Å². The van der Waals surface area contributed by atoms with Crippen LogP contribution in [0.25, 0.3) is 0 Å². The highest BCUT2D eigenvalue weighted by Crippen LogP contribution is 2.30. The molecule has 0 amide bonds. The van der Waals surface area contributed by atoms with Crippen LogP contribution < -0.4 is 4.90 Å². The van der Waals surface area contributed by atoms with Crippen LogP contribution in [0.1, 0.15) is 16.6 Å². The van der Waals surface area contributed by atoms with Gasteiger partial charge in [-0.05, 0) is 0 Å². The first-order valence-corrected chi connectivity index (χ1v) is 9.78. The van der Waals surface area contributed by atoms with E-state index in [0.29, 0.717) is 22.3 Å². The second-order valence-electron chi connectivity index (χ2n) is 4.17. The summed E-state index contributed by atoms with van der Waals surface area (Å²) >= 11 is 2.79. The molecule has 20 heavy (non-hydrogen) atoms. The summed E-state index contributed by atoms with van der Waals surface area (Å²) in [6, 6.07) is 0. The number of methoxy groups -OCH3 is 1. The zero-order valence-corrected chi connectivity index (χ0v) is 13.7. The Morgan fingerprint density at radius 2 is 2.35 bits per heavy atom. The number of thioether (sulfide) groups is 1. The van der Waals surface area contributed by atoms with Gasteiger partial charge in [-0.15, -0.1) is 0 Å². The van der Waals surface area contributed by atoms with Crippen LogP contribution in [0.2, 0.25) is 0 Å². The standard InChI is InChI=1S/C11H16N2O4S3/c1-3-20(15,16)9-7-18-5-4-13(9)11-12-6-8(19-11)10(14)17-2/h6,9H,3-5,7H2,1-2H3. The third-order valence-corrected chi connectivity index (χ3v) is 7.33. The summed E-state index contributed by atoms with van der Waals surface area (Å²) in [7, 11) is -1.87. The van der Waals surface area contributed by atoms with Crippen molar-refractivity contribution in [3.63, 3.8) is 0 Å². The van der Waals surface area contributed by atoms with Crippen LogP contribution in [0.4, 0.5) is 5.13 Å². The fraction of sp³-hybridized carbons (Fsp3) is 0.636. The second kappa shape index (κ2) is 6.31. The van der Waals surface area contributed by atoms with Crippen molar-refractivity contribution in [3.05, 3.63) is 11.1 Å². The average Bonchev–Trinajstić information content (AvgIpc) is 2.96. The van der Waals surface area contributed by atoms with Gasteiger partial charge >= 0.3 is 5.97 Å². The van der Waals surface area contributed by atoms with Crippen LogP contribution in [0.15, 0.2) is 6.20 Å². The minimum atomic E-state index is -3.18. The predicted octanol–water partition coefficient (Wildman–Crippen LogP) is 1.24. The molecule has 0 N–H and O–H groups in total. The van der Waals surface area contributed by atoms with Gasteiger partial charge in [0.05, 0.1) is 13.3 Å². The van der Waals surface area contributed by atoms with E-state index in [-0.39, 0.29) is 5.75 Å². The van der Waals surface area contributed by atoms with Crippen molar-refractivity contribution in [2.45, 2.75) is 12.3 Å². The molecule has 6 nitrogen and oxygen atoms in total. The van der Waals surface area contributed by atoms with E-state index in [4.69, 9.17) is 0 Å². The Morgan fingerprint density at radius 3 is 3.00 bits per heavy atom. The van der Waals surface area contributed by atoms with Crippen molar-refractivity contribution in [2.75, 3.05) is 35.8 Å². The first-order chi connectivity index (χ1) is 9.49. The van der Waals surface area contributed by atoms with Crippen LogP contribution in [-0.4, -0.2) is 55.7 Å². The summed E-state index contributed by atoms with van der Waals surface area (Å²) in [6.45, 7) is 2.26. The summed E-state index contributed by atoms with van der Waals surface area (Å²) in [6.07, 6.45) is 1.43. The molecule has 2 rings (SSSR count). The number of carbonyl (C=O) groups is 1. The molecule has 1 aromatic heterocycles. The molecule has 0 aliphatic carbocycles. The number of sulfone groups is 1. The number of hydrogen-bond donors (Lipinski definition) is 0. The van der Waals surface area contributed by atoms with Gasteiger partial charge in [-0.25, -0.2) is 18.2 Å². The van der Waals surface area contributed by atoms with Crippen LogP contribution in [-0.2, 0) is 14.6 Å². The molecule has 0 radical (unpaired) electrons. The molecule has 1 fully saturated rings. The van der Waals surface area contributed by atoms with E-state index in [0.717, 1.165) is 5.75 Å². The molecule has 2 heterocycles. The SMILES string of the molecule is CCS(=O)(=O)C1CSCCN1c1ncc(C(=O)OC)s1. The predicted molar refractivity (Wildman–Crippen MR) is 81.4 cm³/mol. The Morgan fingerprint density at radius 1 is 1.60 bits per heavy atom. The number of thiazole rings is 1. The quantitative estimate of drug-likeness (QED) is 0.766. The molecule has 1 saturated heterocycles. The smallest absolute Gasteiger partial charge is 0.349 e. The Hall–Kier alpha value is -0.800. The number of anilines is 1. The van der Waals surface area contributed by atoms with Gasteiger partial charge in [-0.1, -0.05) is 18.3 Å². The van der Waals surface area contributed by atoms with Crippen molar-refractivity contribution >= 4 is 44.0 Å². The molecule has 1 unspecified atom stereocenters. The molecule has 0 saturated carbocycles. The molecule has 1 aliphatic heterocycles. The lowest BCUT2D eigenvalue weighted by atomic mass is 10.5. The lowest BCUT2D eigenvalue weighted by molar-refractivity contribution is 0.0606. The Balaban J connectivity index is 2.29. The van der Waals surface area contributed by atoms with Gasteiger partial charge in [0.25, 0.3) is 0 Å². The van der Waals surface area contributed by atoms with Crippen molar-refractivity contribution in [1.82, 2.24) is 4.98 Å². The van der Waals surface area contributed by atoms with Crippen LogP contribution >= 0.6 is 23.1 Å². The lowest BCUT2D eigenvalue weighted by Crippen LogP contribution is -2.47. The summed E-state index contributed by atoms with van der Waals surface area (Å²) in [5, 5.41) is -0.00405. The Labute approximate surface area is 126 Å². The number of ether oxygens (including phenoxy) is 1. The number of nitrogens with zero attached hydrogens (tertiary/aromatic N) is 2. The topological polar surface area (TPSA) is 76.6 Å². The van der Waals surface area contributed by atoms with Crippen LogP contribution in [0, 0.1) is 0 Å². The molecule has 1 aliphatic rings. The van der Waals surface area contributed by atoms with E-state index in [2.05, 4.69) is 9.72 Å².